The SMILES string of the molecule is CC1=CC[C@H]2C(C)(C)CCC[C@]2(C)[C@H]1CC/C(C)=C/COC(=O)CC(=O)[O-]. The molecule has 2 aliphatic rings. The predicted octanol–water partition coefficient (Wildman–Crippen LogP) is 4.19. The van der Waals surface area contributed by atoms with Gasteiger partial charge in [0.1, 0.15) is 6.61 Å². The van der Waals surface area contributed by atoms with Crippen molar-refractivity contribution < 1.29 is 19.4 Å². The summed E-state index contributed by atoms with van der Waals surface area (Å²) in [6, 6.07) is 0. The molecule has 0 radical (unpaired) electrons. The van der Waals surface area contributed by atoms with E-state index >= 15 is 0 Å². The van der Waals surface area contributed by atoms with E-state index in [0.29, 0.717) is 16.7 Å². The quantitative estimate of drug-likeness (QED) is 0.380. The Balaban J connectivity index is 1.96. The van der Waals surface area contributed by atoms with Crippen molar-refractivity contribution in [2.45, 2.75) is 79.6 Å². The lowest BCUT2D eigenvalue weighted by Gasteiger charge is -2.57. The van der Waals surface area contributed by atoms with Crippen molar-refractivity contribution in [3.05, 3.63) is 23.3 Å². The molecule has 0 unspecified atom stereocenters. The average Bonchev–Trinajstić information content (AvgIpc) is 2.52. The van der Waals surface area contributed by atoms with Gasteiger partial charge in [0.25, 0.3) is 0 Å². The molecule has 0 aromatic heterocycles. The standard InChI is InChI=1S/C23H36O4/c1-16(11-14-27-21(26)15-20(24)25)7-9-18-17(2)8-10-19-22(3,4)12-6-13-23(18,19)5/h8,11,18-19H,6-7,9-10,12-15H2,1-5H3,(H,24,25)/p-1/b16-11+/t18-,19-,23+/m0/s1. The Morgan fingerprint density at radius 1 is 1.30 bits per heavy atom. The highest BCUT2D eigenvalue weighted by Gasteiger charge is 2.51. The summed E-state index contributed by atoms with van der Waals surface area (Å²) in [6.07, 6.45) is 10.9. The Bertz CT molecular complexity index is 628. The fourth-order valence-electron chi connectivity index (χ4n) is 5.61. The number of rotatable bonds is 7. The minimum atomic E-state index is -1.40. The number of carbonyl (C=O) groups is 2. The van der Waals surface area contributed by atoms with Crippen LogP contribution >= 0.6 is 0 Å². The lowest BCUT2D eigenvalue weighted by molar-refractivity contribution is -0.305. The second-order valence-electron chi connectivity index (χ2n) is 9.46. The number of ether oxygens (including phenoxy) is 1. The summed E-state index contributed by atoms with van der Waals surface area (Å²) >= 11 is 0. The maximum absolute atomic E-state index is 11.3. The molecule has 4 nitrogen and oxygen atoms in total. The highest BCUT2D eigenvalue weighted by molar-refractivity contribution is 5.89. The van der Waals surface area contributed by atoms with Crippen LogP contribution in [-0.4, -0.2) is 18.5 Å². The lowest BCUT2D eigenvalue weighted by Crippen LogP contribution is -2.48. The maximum Gasteiger partial charge on any atom is 0.311 e. The Labute approximate surface area is 164 Å². The molecule has 1 fully saturated rings. The van der Waals surface area contributed by atoms with Crippen LogP contribution in [0.3, 0.4) is 0 Å². The number of esters is 1. The van der Waals surface area contributed by atoms with E-state index in [2.05, 4.69) is 40.7 Å². The highest BCUT2D eigenvalue weighted by atomic mass is 16.5. The third-order valence-corrected chi connectivity index (χ3v) is 7.09. The Hall–Kier alpha value is -1.58. The van der Waals surface area contributed by atoms with Crippen molar-refractivity contribution in [3.63, 3.8) is 0 Å². The average molecular weight is 376 g/mol. The molecule has 27 heavy (non-hydrogen) atoms. The zero-order chi connectivity index (χ0) is 20.2. The number of hydrogen-bond acceptors (Lipinski definition) is 4. The minimum Gasteiger partial charge on any atom is -0.550 e. The molecule has 2 aliphatic carbocycles. The Morgan fingerprint density at radius 3 is 2.67 bits per heavy atom. The monoisotopic (exact) mass is 375 g/mol. The molecule has 0 heterocycles. The van der Waals surface area contributed by atoms with Gasteiger partial charge in [-0.05, 0) is 74.7 Å². The molecule has 0 amide bonds. The summed E-state index contributed by atoms with van der Waals surface area (Å²) < 4.78 is 4.92. The molecule has 0 aromatic carbocycles. The topological polar surface area (TPSA) is 66.4 Å². The van der Waals surface area contributed by atoms with Crippen LogP contribution in [0.5, 0.6) is 0 Å². The third-order valence-electron chi connectivity index (χ3n) is 7.09. The number of aliphatic carboxylic acids is 1. The van der Waals surface area contributed by atoms with Crippen LogP contribution in [0, 0.1) is 22.7 Å². The summed E-state index contributed by atoms with van der Waals surface area (Å²) in [6.45, 7) is 11.8. The van der Waals surface area contributed by atoms with E-state index in [1.807, 2.05) is 6.08 Å². The fourth-order valence-corrected chi connectivity index (χ4v) is 5.61. The molecule has 3 atom stereocenters. The van der Waals surface area contributed by atoms with Gasteiger partial charge in [0.2, 0.25) is 0 Å². The number of carboxylic acid groups (broad SMARTS) is 1. The van der Waals surface area contributed by atoms with Crippen molar-refractivity contribution in [3.8, 4) is 0 Å². The molecule has 1 saturated carbocycles. The molecule has 4 heteroatoms. The summed E-state index contributed by atoms with van der Waals surface area (Å²) in [5.74, 6) is -0.814. The van der Waals surface area contributed by atoms with Crippen LogP contribution in [0.4, 0.5) is 0 Å². The molecule has 0 N–H and O–H groups in total. The third kappa shape index (κ3) is 5.24. The molecule has 2 rings (SSSR count). The van der Waals surface area contributed by atoms with Crippen molar-refractivity contribution in [1.82, 2.24) is 0 Å². The van der Waals surface area contributed by atoms with Gasteiger partial charge in [0, 0.05) is 0 Å². The van der Waals surface area contributed by atoms with Crippen LogP contribution in [-0.2, 0) is 14.3 Å². The lowest BCUT2D eigenvalue weighted by atomic mass is 9.48. The van der Waals surface area contributed by atoms with E-state index in [9.17, 15) is 14.7 Å². The first-order chi connectivity index (χ1) is 12.6. The van der Waals surface area contributed by atoms with Gasteiger partial charge in [-0.2, -0.15) is 0 Å². The van der Waals surface area contributed by atoms with Crippen LogP contribution in [0.25, 0.3) is 0 Å². The van der Waals surface area contributed by atoms with E-state index in [1.54, 1.807) is 0 Å². The van der Waals surface area contributed by atoms with Gasteiger partial charge in [0.05, 0.1) is 12.4 Å². The summed E-state index contributed by atoms with van der Waals surface area (Å²) in [4.78, 5) is 21.6. The number of hydrogen-bond donors (Lipinski definition) is 0. The van der Waals surface area contributed by atoms with Crippen molar-refractivity contribution >= 4 is 11.9 Å². The molecular formula is C23H35O4-. The van der Waals surface area contributed by atoms with Gasteiger partial charge in [-0.15, -0.1) is 0 Å². The van der Waals surface area contributed by atoms with Crippen LogP contribution in [0.1, 0.15) is 79.6 Å². The Kier molecular flexibility index (Phi) is 6.93. The number of fused-ring (bicyclic) bond motifs is 1. The number of allylic oxidation sites excluding steroid dienone is 3. The molecule has 152 valence electrons. The number of carbonyl (C=O) groups excluding carboxylic acids is 2. The van der Waals surface area contributed by atoms with Gasteiger partial charge in [-0.25, -0.2) is 0 Å². The normalized spacial score (nSPS) is 30.3. The van der Waals surface area contributed by atoms with Crippen molar-refractivity contribution in [1.29, 1.82) is 0 Å². The molecule has 0 aliphatic heterocycles. The van der Waals surface area contributed by atoms with Crippen molar-refractivity contribution in [2.24, 2.45) is 22.7 Å². The van der Waals surface area contributed by atoms with E-state index in [4.69, 9.17) is 4.74 Å². The predicted molar refractivity (Wildman–Crippen MR) is 105 cm³/mol. The van der Waals surface area contributed by atoms with Crippen LogP contribution in [0.2, 0.25) is 0 Å². The second-order valence-corrected chi connectivity index (χ2v) is 9.46. The smallest absolute Gasteiger partial charge is 0.311 e. The summed E-state index contributed by atoms with van der Waals surface area (Å²) in [5.41, 5.74) is 3.48. The summed E-state index contributed by atoms with van der Waals surface area (Å²) in [5, 5.41) is 10.4. The van der Waals surface area contributed by atoms with E-state index in [1.165, 1.54) is 36.8 Å². The van der Waals surface area contributed by atoms with E-state index in [-0.39, 0.29) is 6.61 Å². The largest absolute Gasteiger partial charge is 0.550 e. The zero-order valence-corrected chi connectivity index (χ0v) is 17.6. The number of carboxylic acids is 1. The van der Waals surface area contributed by atoms with Gasteiger partial charge < -0.3 is 14.6 Å². The molecule has 0 saturated heterocycles. The van der Waals surface area contributed by atoms with Crippen LogP contribution in [0.15, 0.2) is 23.3 Å². The van der Waals surface area contributed by atoms with Gasteiger partial charge in [0.15, 0.2) is 0 Å². The van der Waals surface area contributed by atoms with E-state index < -0.39 is 18.4 Å². The molecule has 0 bridgehead atoms. The van der Waals surface area contributed by atoms with Gasteiger partial charge in [-0.3, -0.25) is 4.79 Å². The fraction of sp³-hybridized carbons (Fsp3) is 0.739. The highest BCUT2D eigenvalue weighted by Crippen LogP contribution is 2.60. The van der Waals surface area contributed by atoms with Crippen LogP contribution < -0.4 is 5.11 Å². The van der Waals surface area contributed by atoms with Crippen molar-refractivity contribution in [2.75, 3.05) is 6.61 Å². The van der Waals surface area contributed by atoms with E-state index in [0.717, 1.165) is 18.8 Å². The first-order valence-electron chi connectivity index (χ1n) is 10.2. The molecule has 0 aromatic rings. The molecule has 0 spiro atoms. The second kappa shape index (κ2) is 8.62. The first-order valence-corrected chi connectivity index (χ1v) is 10.2. The molecular weight excluding hydrogens is 340 g/mol. The first kappa shape index (κ1) is 21.7. The van der Waals surface area contributed by atoms with Gasteiger partial charge >= 0.3 is 5.97 Å². The summed E-state index contributed by atoms with van der Waals surface area (Å²) in [7, 11) is 0. The Morgan fingerprint density at radius 2 is 2.00 bits per heavy atom. The minimum absolute atomic E-state index is 0.129. The van der Waals surface area contributed by atoms with Gasteiger partial charge in [-0.1, -0.05) is 44.4 Å². The zero-order valence-electron chi connectivity index (χ0n) is 17.6. The maximum atomic E-state index is 11.3.